The molecule has 56 heavy (non-hydrogen) atoms. The van der Waals surface area contributed by atoms with Gasteiger partial charge in [0.2, 0.25) is 11.8 Å². The number of hydrogen-bond donors (Lipinski definition) is 5. The van der Waals surface area contributed by atoms with E-state index in [2.05, 4.69) is 74.0 Å². The molecule has 0 unspecified atom stereocenters. The molecule has 12 heteroatoms. The minimum absolute atomic E-state index is 0.0202. The number of carbonyl (C=O) groups is 3. The summed E-state index contributed by atoms with van der Waals surface area (Å²) >= 11 is 0. The Morgan fingerprint density at radius 2 is 1.30 bits per heavy atom. The van der Waals surface area contributed by atoms with E-state index < -0.39 is 12.1 Å². The van der Waals surface area contributed by atoms with Gasteiger partial charge in [-0.15, -0.1) is 0 Å². The number of carboxylic acid groups (broad SMARTS) is 1. The fourth-order valence-electron chi connectivity index (χ4n) is 9.04. The van der Waals surface area contributed by atoms with E-state index >= 15 is 0 Å². The average molecular weight is 755 g/mol. The van der Waals surface area contributed by atoms with Crippen LogP contribution in [0.1, 0.15) is 93.6 Å². The molecule has 2 saturated heterocycles. The van der Waals surface area contributed by atoms with Gasteiger partial charge >= 0.3 is 6.09 Å². The van der Waals surface area contributed by atoms with E-state index in [1.54, 1.807) is 0 Å². The number of H-pyrrole nitrogens is 2. The van der Waals surface area contributed by atoms with Crippen LogP contribution in [0, 0.1) is 5.92 Å². The second kappa shape index (κ2) is 16.5. The van der Waals surface area contributed by atoms with Gasteiger partial charge in [0, 0.05) is 26.1 Å². The third-order valence-electron chi connectivity index (χ3n) is 11.9. The maximum absolute atomic E-state index is 13.8. The van der Waals surface area contributed by atoms with Crippen LogP contribution in [-0.2, 0) is 9.59 Å². The van der Waals surface area contributed by atoms with Gasteiger partial charge in [0.05, 0.1) is 35.9 Å². The summed E-state index contributed by atoms with van der Waals surface area (Å²) in [6.07, 6.45) is 10.8. The Labute approximate surface area is 327 Å². The topological polar surface area (TPSA) is 159 Å². The Morgan fingerprint density at radius 1 is 0.732 bits per heavy atom. The molecule has 3 fully saturated rings. The molecular formula is C44H50N8O4. The molecule has 3 aromatic carbocycles. The lowest BCUT2D eigenvalue weighted by Gasteiger charge is -2.35. The molecule has 3 aliphatic rings. The summed E-state index contributed by atoms with van der Waals surface area (Å²) in [5, 5.41) is 15.0. The maximum Gasteiger partial charge on any atom is 0.404 e. The molecule has 12 nitrogen and oxygen atoms in total. The number of imidazole rings is 2. The molecule has 5 N–H and O–H groups in total. The van der Waals surface area contributed by atoms with Gasteiger partial charge in [-0.05, 0) is 78.8 Å². The first-order chi connectivity index (χ1) is 27.3. The quantitative estimate of drug-likeness (QED) is 0.0927. The zero-order chi connectivity index (χ0) is 38.6. The van der Waals surface area contributed by atoms with Crippen molar-refractivity contribution in [3.8, 4) is 33.6 Å². The Balaban J connectivity index is 0.909. The Kier molecular flexibility index (Phi) is 11.0. The van der Waals surface area contributed by atoms with Crippen LogP contribution in [0.4, 0.5) is 4.79 Å². The van der Waals surface area contributed by atoms with Gasteiger partial charge in [0.1, 0.15) is 17.7 Å². The van der Waals surface area contributed by atoms with E-state index in [4.69, 9.17) is 9.97 Å². The molecule has 290 valence electrons. The van der Waals surface area contributed by atoms with Gasteiger partial charge in [0.15, 0.2) is 0 Å². The van der Waals surface area contributed by atoms with Gasteiger partial charge in [0.25, 0.3) is 0 Å². The summed E-state index contributed by atoms with van der Waals surface area (Å²) < 4.78 is 0. The number of likely N-dealkylation sites (tertiary alicyclic amines) is 2. The van der Waals surface area contributed by atoms with Crippen LogP contribution in [0.25, 0.3) is 33.6 Å². The first-order valence-corrected chi connectivity index (χ1v) is 20.0. The third-order valence-corrected chi connectivity index (χ3v) is 11.9. The average Bonchev–Trinajstić information content (AvgIpc) is 4.05. The minimum Gasteiger partial charge on any atom is -0.465 e. The lowest BCUT2D eigenvalue weighted by atomic mass is 9.84. The van der Waals surface area contributed by atoms with Crippen molar-refractivity contribution in [2.45, 2.75) is 82.5 Å². The number of aromatic amines is 2. The highest BCUT2D eigenvalue weighted by atomic mass is 16.4. The molecule has 2 aliphatic heterocycles. The van der Waals surface area contributed by atoms with Gasteiger partial charge < -0.3 is 30.6 Å². The molecule has 8 rings (SSSR count). The van der Waals surface area contributed by atoms with Gasteiger partial charge in [-0.1, -0.05) is 91.7 Å². The SMILES string of the molecule is CC(=O)N[C@@H](C(=O)N1CCC[C@H]1c1ncc(-c2ccc(-c3ccc(-c4cnc([C@@H]5CCCN5C[C@@H]5CCCC[C@H]5NC(=O)O)[nH]4)cc3)cc2)[nH]1)c1ccccc1. The molecule has 0 bridgehead atoms. The molecule has 5 atom stereocenters. The van der Waals surface area contributed by atoms with Crippen LogP contribution in [0.3, 0.4) is 0 Å². The Hall–Kier alpha value is -5.75. The predicted molar refractivity (Wildman–Crippen MR) is 214 cm³/mol. The minimum atomic E-state index is -0.926. The second-order valence-corrected chi connectivity index (χ2v) is 15.5. The van der Waals surface area contributed by atoms with Gasteiger partial charge in [-0.25, -0.2) is 14.8 Å². The summed E-state index contributed by atoms with van der Waals surface area (Å²) in [6.45, 7) is 3.93. The van der Waals surface area contributed by atoms with Crippen molar-refractivity contribution in [1.82, 2.24) is 40.4 Å². The zero-order valence-electron chi connectivity index (χ0n) is 31.8. The van der Waals surface area contributed by atoms with Crippen molar-refractivity contribution in [2.24, 2.45) is 5.92 Å². The third kappa shape index (κ3) is 8.11. The van der Waals surface area contributed by atoms with E-state index in [0.29, 0.717) is 12.5 Å². The number of amides is 3. The highest BCUT2D eigenvalue weighted by Crippen LogP contribution is 2.37. The number of aromatic nitrogens is 4. The molecule has 1 aliphatic carbocycles. The van der Waals surface area contributed by atoms with Crippen molar-refractivity contribution in [1.29, 1.82) is 0 Å². The van der Waals surface area contributed by atoms with Gasteiger partial charge in [-0.2, -0.15) is 0 Å². The number of rotatable bonds is 11. The zero-order valence-corrected chi connectivity index (χ0v) is 31.8. The molecule has 2 aromatic heterocycles. The van der Waals surface area contributed by atoms with Gasteiger partial charge in [-0.3, -0.25) is 14.5 Å². The monoisotopic (exact) mass is 754 g/mol. The molecule has 0 radical (unpaired) electrons. The van der Waals surface area contributed by atoms with E-state index in [1.807, 2.05) is 47.6 Å². The number of nitrogens with one attached hydrogen (secondary N) is 4. The maximum atomic E-state index is 13.8. The standard InChI is InChI=1S/C44H50N8O4/c1-28(53)47-40(33-9-3-2-4-10-33)43(54)52-24-8-14-39(52)42-46-26-37(49-42)32-21-17-30(18-22-32)29-15-19-31(20-16-29)36-25-45-41(48-36)38-13-7-23-51(38)27-34-11-5-6-12-35(34)50-44(55)56/h2-4,9-10,15-22,25-26,34-35,38-40,50H,5-8,11-14,23-24,27H2,1H3,(H,45,48)(H,46,49)(H,47,53)(H,55,56)/t34-,35+,38-,39-,40+/m0/s1. The van der Waals surface area contributed by atoms with Crippen molar-refractivity contribution >= 4 is 17.9 Å². The van der Waals surface area contributed by atoms with E-state index in [0.717, 1.165) is 115 Å². The molecular weight excluding hydrogens is 705 g/mol. The van der Waals surface area contributed by atoms with E-state index in [9.17, 15) is 19.5 Å². The summed E-state index contributed by atoms with van der Waals surface area (Å²) in [7, 11) is 0. The number of carbonyl (C=O) groups excluding carboxylic acids is 2. The van der Waals surface area contributed by atoms with E-state index in [1.165, 1.54) is 6.92 Å². The van der Waals surface area contributed by atoms with Crippen LogP contribution in [0.2, 0.25) is 0 Å². The summed E-state index contributed by atoms with van der Waals surface area (Å²) in [5.74, 6) is 1.66. The lowest BCUT2D eigenvalue weighted by molar-refractivity contribution is -0.137. The summed E-state index contributed by atoms with van der Waals surface area (Å²) in [6, 6.07) is 25.6. The highest BCUT2D eigenvalue weighted by molar-refractivity contribution is 5.88. The highest BCUT2D eigenvalue weighted by Gasteiger charge is 2.37. The van der Waals surface area contributed by atoms with Crippen LogP contribution in [0.15, 0.2) is 91.3 Å². The molecule has 5 aromatic rings. The normalized spacial score (nSPS) is 21.8. The smallest absolute Gasteiger partial charge is 0.404 e. The molecule has 4 heterocycles. The fraction of sp³-hybridized carbons (Fsp3) is 0.386. The largest absolute Gasteiger partial charge is 0.465 e. The molecule has 1 saturated carbocycles. The fourth-order valence-corrected chi connectivity index (χ4v) is 9.04. The first-order valence-electron chi connectivity index (χ1n) is 20.0. The summed E-state index contributed by atoms with van der Waals surface area (Å²) in [4.78, 5) is 58.3. The summed E-state index contributed by atoms with van der Waals surface area (Å²) in [5.41, 5.74) is 6.91. The van der Waals surface area contributed by atoms with E-state index in [-0.39, 0.29) is 29.9 Å². The molecule has 0 spiro atoms. The van der Waals surface area contributed by atoms with Crippen molar-refractivity contribution in [3.05, 3.63) is 108 Å². The predicted octanol–water partition coefficient (Wildman–Crippen LogP) is 7.64. The van der Waals surface area contributed by atoms with Crippen molar-refractivity contribution < 1.29 is 19.5 Å². The Bertz CT molecular complexity index is 2130. The van der Waals surface area contributed by atoms with Crippen molar-refractivity contribution in [2.75, 3.05) is 19.6 Å². The van der Waals surface area contributed by atoms with Crippen LogP contribution in [0.5, 0.6) is 0 Å². The lowest BCUT2D eigenvalue weighted by Crippen LogP contribution is -2.46. The first kappa shape index (κ1) is 37.2. The van der Waals surface area contributed by atoms with Crippen LogP contribution in [-0.4, -0.2) is 78.4 Å². The van der Waals surface area contributed by atoms with Crippen molar-refractivity contribution in [3.63, 3.8) is 0 Å². The second-order valence-electron chi connectivity index (χ2n) is 15.5. The number of nitrogens with zero attached hydrogens (tertiary/aromatic N) is 4. The molecule has 3 amide bonds. The number of hydrogen-bond acceptors (Lipinski definition) is 6. The Morgan fingerprint density at radius 3 is 1.93 bits per heavy atom. The van der Waals surface area contributed by atoms with Crippen LogP contribution >= 0.6 is 0 Å². The van der Waals surface area contributed by atoms with Crippen LogP contribution < -0.4 is 10.6 Å². The number of benzene rings is 3.